The molecule has 0 radical (unpaired) electrons. The van der Waals surface area contributed by atoms with Crippen LogP contribution < -0.4 is 15.8 Å². The number of benzene rings is 2. The van der Waals surface area contributed by atoms with E-state index in [0.29, 0.717) is 23.6 Å². The predicted molar refractivity (Wildman–Crippen MR) is 122 cm³/mol. The summed E-state index contributed by atoms with van der Waals surface area (Å²) in [5.74, 6) is -0.419. The Labute approximate surface area is 188 Å². The summed E-state index contributed by atoms with van der Waals surface area (Å²) in [6, 6.07) is 12.2. The summed E-state index contributed by atoms with van der Waals surface area (Å²) in [7, 11) is -3.88. The smallest absolute Gasteiger partial charge is 0.248 e. The number of hydrogen-bond donors (Lipinski definition) is 2. The zero-order chi connectivity index (χ0) is 23.1. The molecule has 1 aliphatic rings. The topological polar surface area (TPSA) is 119 Å². The molecule has 0 aromatic heterocycles. The van der Waals surface area contributed by atoms with E-state index in [1.807, 2.05) is 6.92 Å². The van der Waals surface area contributed by atoms with Crippen molar-refractivity contribution >= 4 is 27.5 Å². The first-order valence-corrected chi connectivity index (χ1v) is 12.2. The molecule has 3 rings (SSSR count). The SMILES string of the molecule is CCOc1ccc(S(=O)(=O)N(CC(=O)Nc2ccc(C(N)=O)cc2)C2CCCCC2)cc1. The molecule has 0 bridgehead atoms. The summed E-state index contributed by atoms with van der Waals surface area (Å²) >= 11 is 0. The normalized spacial score (nSPS) is 14.8. The van der Waals surface area contributed by atoms with E-state index in [2.05, 4.69) is 5.32 Å². The average Bonchev–Trinajstić information content (AvgIpc) is 2.79. The van der Waals surface area contributed by atoms with E-state index in [-0.39, 0.29) is 17.5 Å². The van der Waals surface area contributed by atoms with Crippen molar-refractivity contribution in [2.75, 3.05) is 18.5 Å². The predicted octanol–water partition coefficient (Wildman–Crippen LogP) is 3.15. The van der Waals surface area contributed by atoms with E-state index in [1.165, 1.54) is 28.6 Å². The molecule has 8 nitrogen and oxygen atoms in total. The number of ether oxygens (including phenoxy) is 1. The van der Waals surface area contributed by atoms with Crippen LogP contribution in [-0.4, -0.2) is 43.7 Å². The lowest BCUT2D eigenvalue weighted by molar-refractivity contribution is -0.116. The van der Waals surface area contributed by atoms with Crippen molar-refractivity contribution in [1.82, 2.24) is 4.31 Å². The number of nitrogens with two attached hydrogens (primary N) is 1. The molecule has 32 heavy (non-hydrogen) atoms. The van der Waals surface area contributed by atoms with Crippen LogP contribution in [-0.2, 0) is 14.8 Å². The minimum Gasteiger partial charge on any atom is -0.494 e. The third-order valence-electron chi connectivity index (χ3n) is 5.48. The Balaban J connectivity index is 1.80. The lowest BCUT2D eigenvalue weighted by atomic mass is 9.95. The maximum atomic E-state index is 13.5. The van der Waals surface area contributed by atoms with Crippen LogP contribution in [0.25, 0.3) is 0 Å². The fraction of sp³-hybridized carbons (Fsp3) is 0.391. The summed E-state index contributed by atoms with van der Waals surface area (Å²) in [4.78, 5) is 24.1. The molecule has 2 aromatic carbocycles. The number of nitrogens with zero attached hydrogens (tertiary/aromatic N) is 1. The molecule has 0 atom stereocenters. The minimum atomic E-state index is -3.88. The summed E-state index contributed by atoms with van der Waals surface area (Å²) in [5.41, 5.74) is 6.02. The van der Waals surface area contributed by atoms with Gasteiger partial charge in [-0.15, -0.1) is 0 Å². The summed E-state index contributed by atoms with van der Waals surface area (Å²) in [5, 5.41) is 2.71. The van der Waals surface area contributed by atoms with Crippen LogP contribution in [0, 0.1) is 0 Å². The molecule has 0 aliphatic heterocycles. The molecule has 1 aliphatic carbocycles. The van der Waals surface area contributed by atoms with Gasteiger partial charge >= 0.3 is 0 Å². The maximum absolute atomic E-state index is 13.5. The van der Waals surface area contributed by atoms with Gasteiger partial charge in [0.2, 0.25) is 21.8 Å². The zero-order valence-electron chi connectivity index (χ0n) is 18.1. The lowest BCUT2D eigenvalue weighted by Crippen LogP contribution is -2.45. The van der Waals surface area contributed by atoms with Gasteiger partial charge in [0.05, 0.1) is 18.0 Å². The van der Waals surface area contributed by atoms with Crippen LogP contribution in [0.3, 0.4) is 0 Å². The Bertz CT molecular complexity index is 1030. The van der Waals surface area contributed by atoms with Gasteiger partial charge < -0.3 is 15.8 Å². The third kappa shape index (κ3) is 5.86. The Kier molecular flexibility index (Phi) is 7.87. The van der Waals surface area contributed by atoms with Gasteiger partial charge in [-0.3, -0.25) is 9.59 Å². The molecular weight excluding hydrogens is 430 g/mol. The number of carbonyl (C=O) groups excluding carboxylic acids is 2. The molecule has 3 N–H and O–H groups in total. The fourth-order valence-electron chi connectivity index (χ4n) is 3.85. The molecule has 1 fully saturated rings. The molecule has 1 saturated carbocycles. The highest BCUT2D eigenvalue weighted by atomic mass is 32.2. The van der Waals surface area contributed by atoms with Gasteiger partial charge in [-0.05, 0) is 68.3 Å². The highest BCUT2D eigenvalue weighted by Crippen LogP contribution is 2.28. The van der Waals surface area contributed by atoms with Gasteiger partial charge in [0, 0.05) is 17.3 Å². The molecule has 2 amide bonds. The standard InChI is InChI=1S/C23H29N3O5S/c1-2-31-20-12-14-21(15-13-20)32(29,30)26(19-6-4-3-5-7-19)16-22(27)25-18-10-8-17(9-11-18)23(24)28/h8-15,19H,2-7,16H2,1H3,(H2,24,28)(H,25,27). The molecule has 0 saturated heterocycles. The minimum absolute atomic E-state index is 0.130. The number of hydrogen-bond acceptors (Lipinski definition) is 5. The fourth-order valence-corrected chi connectivity index (χ4v) is 5.49. The Morgan fingerprint density at radius 3 is 2.22 bits per heavy atom. The molecule has 172 valence electrons. The van der Waals surface area contributed by atoms with Crippen LogP contribution in [0.1, 0.15) is 49.4 Å². The number of anilines is 1. The van der Waals surface area contributed by atoms with E-state index in [9.17, 15) is 18.0 Å². The van der Waals surface area contributed by atoms with E-state index in [0.717, 1.165) is 32.1 Å². The van der Waals surface area contributed by atoms with Crippen LogP contribution in [0.4, 0.5) is 5.69 Å². The van der Waals surface area contributed by atoms with Gasteiger partial charge in [0.15, 0.2) is 0 Å². The molecule has 2 aromatic rings. The first kappa shape index (κ1) is 23.7. The monoisotopic (exact) mass is 459 g/mol. The molecule has 9 heteroatoms. The third-order valence-corrected chi connectivity index (χ3v) is 7.39. The van der Waals surface area contributed by atoms with Gasteiger partial charge in [0.1, 0.15) is 5.75 Å². The van der Waals surface area contributed by atoms with E-state index < -0.39 is 21.8 Å². The highest BCUT2D eigenvalue weighted by molar-refractivity contribution is 7.89. The van der Waals surface area contributed by atoms with Crippen LogP contribution in [0.5, 0.6) is 5.75 Å². The molecular formula is C23H29N3O5S. The number of nitrogens with one attached hydrogen (secondary N) is 1. The van der Waals surface area contributed by atoms with E-state index in [1.54, 1.807) is 24.3 Å². The first-order valence-electron chi connectivity index (χ1n) is 10.8. The number of carbonyl (C=O) groups is 2. The van der Waals surface area contributed by atoms with Gasteiger partial charge in [-0.25, -0.2) is 8.42 Å². The molecule has 0 unspecified atom stereocenters. The molecule has 0 spiro atoms. The number of sulfonamides is 1. The van der Waals surface area contributed by atoms with E-state index >= 15 is 0 Å². The molecule has 0 heterocycles. The zero-order valence-corrected chi connectivity index (χ0v) is 18.9. The second kappa shape index (κ2) is 10.6. The second-order valence-electron chi connectivity index (χ2n) is 7.74. The summed E-state index contributed by atoms with van der Waals surface area (Å²) in [6.07, 6.45) is 4.35. The van der Waals surface area contributed by atoms with Crippen LogP contribution in [0.15, 0.2) is 53.4 Å². The summed E-state index contributed by atoms with van der Waals surface area (Å²) < 4.78 is 33.6. The largest absolute Gasteiger partial charge is 0.494 e. The van der Waals surface area contributed by atoms with Crippen molar-refractivity contribution in [3.8, 4) is 5.75 Å². The Morgan fingerprint density at radius 1 is 1.03 bits per heavy atom. The lowest BCUT2D eigenvalue weighted by Gasteiger charge is -2.33. The highest BCUT2D eigenvalue weighted by Gasteiger charge is 2.34. The Morgan fingerprint density at radius 2 is 1.66 bits per heavy atom. The van der Waals surface area contributed by atoms with Crippen molar-refractivity contribution in [2.24, 2.45) is 5.73 Å². The van der Waals surface area contributed by atoms with Crippen molar-refractivity contribution in [3.63, 3.8) is 0 Å². The van der Waals surface area contributed by atoms with Gasteiger partial charge in [-0.2, -0.15) is 4.31 Å². The van der Waals surface area contributed by atoms with E-state index in [4.69, 9.17) is 10.5 Å². The number of primary amides is 1. The number of rotatable bonds is 9. The van der Waals surface area contributed by atoms with Crippen molar-refractivity contribution in [2.45, 2.75) is 50.0 Å². The Hall–Kier alpha value is -2.91. The van der Waals surface area contributed by atoms with Crippen molar-refractivity contribution in [3.05, 3.63) is 54.1 Å². The van der Waals surface area contributed by atoms with Crippen LogP contribution in [0.2, 0.25) is 0 Å². The van der Waals surface area contributed by atoms with Crippen LogP contribution >= 0.6 is 0 Å². The first-order chi connectivity index (χ1) is 15.3. The van der Waals surface area contributed by atoms with Crippen molar-refractivity contribution < 1.29 is 22.7 Å². The van der Waals surface area contributed by atoms with Gasteiger partial charge in [-0.1, -0.05) is 19.3 Å². The second-order valence-corrected chi connectivity index (χ2v) is 9.63. The van der Waals surface area contributed by atoms with Gasteiger partial charge in [0.25, 0.3) is 0 Å². The average molecular weight is 460 g/mol. The summed E-state index contributed by atoms with van der Waals surface area (Å²) in [6.45, 7) is 2.05. The van der Waals surface area contributed by atoms with Crippen molar-refractivity contribution in [1.29, 1.82) is 0 Å². The maximum Gasteiger partial charge on any atom is 0.248 e. The number of amides is 2. The quantitative estimate of drug-likeness (QED) is 0.597.